The fourth-order valence-electron chi connectivity index (χ4n) is 3.29. The van der Waals surface area contributed by atoms with Crippen molar-refractivity contribution in [3.05, 3.63) is 30.3 Å². The molecule has 2 aliphatic heterocycles. The SMILES string of the molecule is CN1CCC2(CCN(c3ccccc3)C2)C1. The summed E-state index contributed by atoms with van der Waals surface area (Å²) in [5.41, 5.74) is 1.99. The second-order valence-corrected chi connectivity index (χ2v) is 5.49. The molecular weight excluding hydrogens is 196 g/mol. The van der Waals surface area contributed by atoms with Crippen LogP contribution in [0.2, 0.25) is 0 Å². The molecule has 1 atom stereocenters. The second-order valence-electron chi connectivity index (χ2n) is 5.49. The van der Waals surface area contributed by atoms with Crippen LogP contribution in [0, 0.1) is 5.41 Å². The summed E-state index contributed by atoms with van der Waals surface area (Å²) >= 11 is 0. The molecule has 0 saturated carbocycles. The zero-order valence-electron chi connectivity index (χ0n) is 10.0. The van der Waals surface area contributed by atoms with Gasteiger partial charge in [-0.2, -0.15) is 0 Å². The predicted octanol–water partition coefficient (Wildman–Crippen LogP) is 2.22. The number of rotatable bonds is 1. The lowest BCUT2D eigenvalue weighted by molar-refractivity contribution is 0.312. The molecule has 1 aromatic rings. The Hall–Kier alpha value is -1.02. The minimum Gasteiger partial charge on any atom is -0.371 e. The lowest BCUT2D eigenvalue weighted by atomic mass is 9.86. The predicted molar refractivity (Wildman–Crippen MR) is 67.8 cm³/mol. The topological polar surface area (TPSA) is 6.48 Å². The van der Waals surface area contributed by atoms with E-state index in [2.05, 4.69) is 47.2 Å². The number of anilines is 1. The number of hydrogen-bond donors (Lipinski definition) is 0. The molecule has 2 saturated heterocycles. The molecule has 16 heavy (non-hydrogen) atoms. The average Bonchev–Trinajstić information content (AvgIpc) is 2.88. The van der Waals surface area contributed by atoms with Crippen molar-refractivity contribution in [2.45, 2.75) is 12.8 Å². The highest BCUT2D eigenvalue weighted by Gasteiger charge is 2.42. The van der Waals surface area contributed by atoms with Crippen molar-refractivity contribution in [1.82, 2.24) is 4.90 Å². The molecule has 2 heteroatoms. The summed E-state index contributed by atoms with van der Waals surface area (Å²) < 4.78 is 0. The summed E-state index contributed by atoms with van der Waals surface area (Å²) in [6, 6.07) is 10.8. The molecule has 0 amide bonds. The number of benzene rings is 1. The van der Waals surface area contributed by atoms with E-state index in [1.165, 1.54) is 44.7 Å². The van der Waals surface area contributed by atoms with Crippen LogP contribution in [0.5, 0.6) is 0 Å². The van der Waals surface area contributed by atoms with Gasteiger partial charge in [-0.25, -0.2) is 0 Å². The first-order valence-electron chi connectivity index (χ1n) is 6.26. The first-order valence-corrected chi connectivity index (χ1v) is 6.26. The van der Waals surface area contributed by atoms with Crippen LogP contribution in [-0.2, 0) is 0 Å². The Morgan fingerprint density at radius 1 is 1.00 bits per heavy atom. The highest BCUT2D eigenvalue weighted by molar-refractivity contribution is 5.47. The Kier molecular flexibility index (Phi) is 2.40. The van der Waals surface area contributed by atoms with Gasteiger partial charge in [0.2, 0.25) is 0 Å². The number of likely N-dealkylation sites (tertiary alicyclic amines) is 1. The summed E-state index contributed by atoms with van der Waals surface area (Å²) in [6.45, 7) is 5.05. The van der Waals surface area contributed by atoms with E-state index in [4.69, 9.17) is 0 Å². The van der Waals surface area contributed by atoms with Crippen LogP contribution < -0.4 is 4.90 Å². The molecule has 0 aliphatic carbocycles. The van der Waals surface area contributed by atoms with Crippen LogP contribution in [0.25, 0.3) is 0 Å². The van der Waals surface area contributed by atoms with Crippen LogP contribution in [0.1, 0.15) is 12.8 Å². The van der Waals surface area contributed by atoms with Gasteiger partial charge >= 0.3 is 0 Å². The zero-order chi connectivity index (χ0) is 11.0. The largest absolute Gasteiger partial charge is 0.371 e. The maximum absolute atomic E-state index is 2.55. The van der Waals surface area contributed by atoms with Gasteiger partial charge in [-0.3, -0.25) is 0 Å². The Labute approximate surface area is 97.9 Å². The third-order valence-electron chi connectivity index (χ3n) is 4.19. The number of nitrogens with zero attached hydrogens (tertiary/aromatic N) is 2. The van der Waals surface area contributed by atoms with E-state index >= 15 is 0 Å². The van der Waals surface area contributed by atoms with Crippen molar-refractivity contribution in [1.29, 1.82) is 0 Å². The highest BCUT2D eigenvalue weighted by atomic mass is 15.2. The zero-order valence-corrected chi connectivity index (χ0v) is 10.0. The van der Waals surface area contributed by atoms with Crippen LogP contribution in [-0.4, -0.2) is 38.1 Å². The van der Waals surface area contributed by atoms with Crippen molar-refractivity contribution in [2.24, 2.45) is 5.41 Å². The van der Waals surface area contributed by atoms with Gasteiger partial charge in [0.15, 0.2) is 0 Å². The first-order chi connectivity index (χ1) is 7.77. The van der Waals surface area contributed by atoms with Gasteiger partial charge in [0.05, 0.1) is 0 Å². The fourth-order valence-corrected chi connectivity index (χ4v) is 3.29. The van der Waals surface area contributed by atoms with E-state index in [1.807, 2.05) is 0 Å². The maximum Gasteiger partial charge on any atom is 0.0366 e. The van der Waals surface area contributed by atoms with Gasteiger partial charge in [0.25, 0.3) is 0 Å². The molecular formula is C14H20N2. The molecule has 0 aromatic heterocycles. The van der Waals surface area contributed by atoms with E-state index in [0.717, 1.165) is 0 Å². The normalized spacial score (nSPS) is 30.4. The monoisotopic (exact) mass is 216 g/mol. The van der Waals surface area contributed by atoms with E-state index in [1.54, 1.807) is 0 Å². The number of para-hydroxylation sites is 1. The van der Waals surface area contributed by atoms with E-state index in [0.29, 0.717) is 5.41 Å². The van der Waals surface area contributed by atoms with Crippen molar-refractivity contribution < 1.29 is 0 Å². The molecule has 1 spiro atoms. The van der Waals surface area contributed by atoms with E-state index in [9.17, 15) is 0 Å². The molecule has 1 aromatic carbocycles. The molecule has 0 bridgehead atoms. The molecule has 2 heterocycles. The van der Waals surface area contributed by atoms with Crippen molar-refractivity contribution in [3.8, 4) is 0 Å². The number of hydrogen-bond acceptors (Lipinski definition) is 2. The summed E-state index contributed by atoms with van der Waals surface area (Å²) in [5.74, 6) is 0. The van der Waals surface area contributed by atoms with Gasteiger partial charge in [-0.15, -0.1) is 0 Å². The Balaban J connectivity index is 1.74. The van der Waals surface area contributed by atoms with Crippen molar-refractivity contribution in [3.63, 3.8) is 0 Å². The van der Waals surface area contributed by atoms with Crippen LogP contribution in [0.3, 0.4) is 0 Å². The smallest absolute Gasteiger partial charge is 0.0366 e. The first kappa shape index (κ1) is 10.2. The summed E-state index contributed by atoms with van der Waals surface area (Å²) in [4.78, 5) is 5.04. The van der Waals surface area contributed by atoms with Crippen LogP contribution in [0.4, 0.5) is 5.69 Å². The molecule has 2 nitrogen and oxygen atoms in total. The average molecular weight is 216 g/mol. The summed E-state index contributed by atoms with van der Waals surface area (Å²) in [5, 5.41) is 0. The minimum atomic E-state index is 0.588. The molecule has 3 rings (SSSR count). The Morgan fingerprint density at radius 3 is 2.44 bits per heavy atom. The third-order valence-corrected chi connectivity index (χ3v) is 4.19. The second kappa shape index (κ2) is 3.77. The molecule has 1 unspecified atom stereocenters. The maximum atomic E-state index is 2.55. The minimum absolute atomic E-state index is 0.588. The van der Waals surface area contributed by atoms with Gasteiger partial charge in [-0.1, -0.05) is 18.2 Å². The highest BCUT2D eigenvalue weighted by Crippen LogP contribution is 2.40. The van der Waals surface area contributed by atoms with Crippen LogP contribution >= 0.6 is 0 Å². The van der Waals surface area contributed by atoms with Gasteiger partial charge < -0.3 is 9.80 Å². The van der Waals surface area contributed by atoms with E-state index in [-0.39, 0.29) is 0 Å². The van der Waals surface area contributed by atoms with Crippen LogP contribution in [0.15, 0.2) is 30.3 Å². The molecule has 0 N–H and O–H groups in total. The Bertz CT molecular complexity index is 362. The summed E-state index contributed by atoms with van der Waals surface area (Å²) in [7, 11) is 2.25. The van der Waals surface area contributed by atoms with Crippen molar-refractivity contribution in [2.75, 3.05) is 38.1 Å². The lowest BCUT2D eigenvalue weighted by Crippen LogP contribution is -2.29. The molecule has 2 fully saturated rings. The van der Waals surface area contributed by atoms with Gasteiger partial charge in [-0.05, 0) is 38.6 Å². The van der Waals surface area contributed by atoms with E-state index < -0.39 is 0 Å². The third kappa shape index (κ3) is 1.71. The van der Waals surface area contributed by atoms with Gasteiger partial charge in [0.1, 0.15) is 0 Å². The molecule has 0 radical (unpaired) electrons. The Morgan fingerprint density at radius 2 is 1.75 bits per heavy atom. The van der Waals surface area contributed by atoms with Gasteiger partial charge in [0, 0.05) is 30.7 Å². The standard InChI is InChI=1S/C14H20N2/c1-15-9-7-14(11-15)8-10-16(12-14)13-5-3-2-4-6-13/h2-6H,7-12H2,1H3. The lowest BCUT2D eigenvalue weighted by Gasteiger charge is -2.24. The quantitative estimate of drug-likeness (QED) is 0.710. The molecule has 2 aliphatic rings. The molecule has 86 valence electrons. The fraction of sp³-hybridized carbons (Fsp3) is 0.571. The summed E-state index contributed by atoms with van der Waals surface area (Å²) in [6.07, 6.45) is 2.75. The van der Waals surface area contributed by atoms with Crippen molar-refractivity contribution >= 4 is 5.69 Å².